The molecule has 2 heterocycles. The van der Waals surface area contributed by atoms with Gasteiger partial charge in [-0.05, 0) is 29.8 Å². The van der Waals surface area contributed by atoms with Crippen molar-refractivity contribution in [3.63, 3.8) is 0 Å². The summed E-state index contributed by atoms with van der Waals surface area (Å²) >= 11 is 7.25. The largest absolute Gasteiger partial charge is 0.481 e. The lowest BCUT2D eigenvalue weighted by molar-refractivity contribution is -0.138. The molecule has 1 aliphatic rings. The van der Waals surface area contributed by atoms with Gasteiger partial charge in [-0.3, -0.25) is 9.59 Å². The van der Waals surface area contributed by atoms with Crippen molar-refractivity contribution >= 4 is 52.6 Å². The summed E-state index contributed by atoms with van der Waals surface area (Å²) in [6.07, 6.45) is 2.53. The number of aliphatic carboxylic acids is 1. The molecule has 1 fully saturated rings. The van der Waals surface area contributed by atoms with Crippen LogP contribution in [-0.4, -0.2) is 51.7 Å². The molecule has 1 aromatic heterocycles. The minimum atomic E-state index is -1.07. The minimum Gasteiger partial charge on any atom is -0.481 e. The van der Waals surface area contributed by atoms with Gasteiger partial charge in [-0.2, -0.15) is 5.10 Å². The Hall–Kier alpha value is -3.44. The van der Waals surface area contributed by atoms with Gasteiger partial charge >= 0.3 is 11.9 Å². The third-order valence-electron chi connectivity index (χ3n) is 3.82. The Balaban J connectivity index is 1.65. The lowest BCUT2D eigenvalue weighted by Gasteiger charge is -2.08. The van der Waals surface area contributed by atoms with E-state index in [1.165, 1.54) is 31.7 Å². The van der Waals surface area contributed by atoms with Crippen LogP contribution in [0.1, 0.15) is 22.3 Å². The number of pyridine rings is 1. The summed E-state index contributed by atoms with van der Waals surface area (Å²) in [5.74, 6) is -1.52. The normalized spacial score (nSPS) is 17.0. The Morgan fingerprint density at radius 3 is 2.87 bits per heavy atom. The molecule has 0 spiro atoms. The van der Waals surface area contributed by atoms with Crippen LogP contribution in [0.5, 0.6) is 11.6 Å². The van der Waals surface area contributed by atoms with Gasteiger partial charge in [0.05, 0.1) is 30.3 Å². The van der Waals surface area contributed by atoms with E-state index in [2.05, 4.69) is 25.2 Å². The van der Waals surface area contributed by atoms with Gasteiger partial charge in [0, 0.05) is 12.3 Å². The lowest BCUT2D eigenvalue weighted by atomic mass is 10.2. The number of ether oxygens (including phenoxy) is 2. The highest BCUT2D eigenvalue weighted by Crippen LogP contribution is 2.29. The summed E-state index contributed by atoms with van der Waals surface area (Å²) < 4.78 is 10.3. The number of nitrogens with one attached hydrogen (secondary N) is 1. The van der Waals surface area contributed by atoms with Gasteiger partial charge in [0.25, 0.3) is 0 Å². The van der Waals surface area contributed by atoms with E-state index in [0.717, 1.165) is 11.8 Å². The lowest BCUT2D eigenvalue weighted by Crippen LogP contribution is -2.26. The monoisotopic (exact) mass is 462 g/mol. The van der Waals surface area contributed by atoms with Gasteiger partial charge in [0.15, 0.2) is 5.17 Å². The van der Waals surface area contributed by atoms with Crippen LogP contribution in [0, 0.1) is 0 Å². The second kappa shape index (κ2) is 10.0. The molecule has 12 heteroatoms. The number of hydrogen-bond acceptors (Lipinski definition) is 9. The molecule has 31 heavy (non-hydrogen) atoms. The zero-order valence-corrected chi connectivity index (χ0v) is 17.5. The fourth-order valence-corrected chi connectivity index (χ4v) is 3.54. The van der Waals surface area contributed by atoms with Gasteiger partial charge in [0.1, 0.15) is 11.0 Å². The third kappa shape index (κ3) is 6.03. The summed E-state index contributed by atoms with van der Waals surface area (Å²) in [4.78, 5) is 38.0. The van der Waals surface area contributed by atoms with E-state index in [9.17, 15) is 14.4 Å². The molecule has 1 atom stereocenters. The number of halogens is 1. The molecule has 1 saturated heterocycles. The van der Waals surface area contributed by atoms with Crippen molar-refractivity contribution in [1.82, 2.24) is 10.3 Å². The second-order valence-electron chi connectivity index (χ2n) is 6.01. The highest BCUT2D eigenvalue weighted by molar-refractivity contribution is 8.15. The molecule has 1 amide bonds. The first-order valence-corrected chi connectivity index (χ1v) is 9.93. The van der Waals surface area contributed by atoms with Gasteiger partial charge in [-0.25, -0.2) is 9.78 Å². The first-order chi connectivity index (χ1) is 14.9. The van der Waals surface area contributed by atoms with E-state index in [1.807, 2.05) is 0 Å². The number of benzene rings is 1. The molecule has 0 radical (unpaired) electrons. The maximum Gasteiger partial charge on any atom is 0.338 e. The van der Waals surface area contributed by atoms with E-state index in [4.69, 9.17) is 21.4 Å². The smallest absolute Gasteiger partial charge is 0.338 e. The number of amides is 1. The highest BCUT2D eigenvalue weighted by Gasteiger charge is 2.32. The van der Waals surface area contributed by atoms with Crippen LogP contribution in [-0.2, 0) is 14.3 Å². The van der Waals surface area contributed by atoms with Crippen LogP contribution >= 0.6 is 23.4 Å². The summed E-state index contributed by atoms with van der Waals surface area (Å²) in [6.45, 7) is 0. The average molecular weight is 463 g/mol. The molecular weight excluding hydrogens is 448 g/mol. The van der Waals surface area contributed by atoms with Crippen molar-refractivity contribution in [1.29, 1.82) is 0 Å². The molecule has 160 valence electrons. The van der Waals surface area contributed by atoms with E-state index in [1.54, 1.807) is 18.2 Å². The van der Waals surface area contributed by atoms with Crippen LogP contribution < -0.4 is 10.1 Å². The van der Waals surface area contributed by atoms with Crippen LogP contribution in [0.4, 0.5) is 0 Å². The number of methoxy groups -OCH3 is 1. The maximum absolute atomic E-state index is 11.7. The zero-order valence-electron chi connectivity index (χ0n) is 15.9. The van der Waals surface area contributed by atoms with Crippen molar-refractivity contribution < 1.29 is 29.0 Å². The number of thioether (sulfide) groups is 1. The number of carboxylic acid groups (broad SMARTS) is 1. The standard InChI is InChI=1S/C19H15ClN4O6S/c1-29-18(28)11-4-5-21-15(7-11)30-13-3-2-10(6-12(13)20)9-22-24-19-23-17(27)14(31-19)8-16(25)26/h2-7,9,14H,8H2,1H3,(H,25,26)(H,23,24,27). The molecule has 0 aliphatic carbocycles. The fraction of sp³-hybridized carbons (Fsp3) is 0.158. The highest BCUT2D eigenvalue weighted by atomic mass is 35.5. The number of nitrogens with zero attached hydrogens (tertiary/aromatic N) is 3. The predicted molar refractivity (Wildman–Crippen MR) is 114 cm³/mol. The van der Waals surface area contributed by atoms with E-state index in [-0.39, 0.29) is 28.1 Å². The predicted octanol–water partition coefficient (Wildman–Crippen LogP) is 2.71. The van der Waals surface area contributed by atoms with E-state index in [0.29, 0.717) is 11.3 Å². The minimum absolute atomic E-state index is 0.169. The van der Waals surface area contributed by atoms with Gasteiger partial charge in [-0.1, -0.05) is 23.4 Å². The number of aromatic nitrogens is 1. The molecule has 0 saturated carbocycles. The molecule has 3 rings (SSSR count). The Morgan fingerprint density at radius 1 is 1.35 bits per heavy atom. The molecular formula is C19H15ClN4O6S. The average Bonchev–Trinajstić information content (AvgIpc) is 3.08. The van der Waals surface area contributed by atoms with Crippen LogP contribution in [0.3, 0.4) is 0 Å². The molecule has 0 bridgehead atoms. The SMILES string of the molecule is COC(=O)c1ccnc(Oc2ccc(C=NN=C3NC(=O)C(CC(=O)O)S3)cc2Cl)c1. The number of carboxylic acids is 1. The topological polar surface area (TPSA) is 140 Å². The second-order valence-corrected chi connectivity index (χ2v) is 7.61. The number of rotatable bonds is 7. The first kappa shape index (κ1) is 22.2. The number of carbonyl (C=O) groups is 3. The Kier molecular flexibility index (Phi) is 7.21. The van der Waals surface area contributed by atoms with Crippen LogP contribution in [0.25, 0.3) is 0 Å². The van der Waals surface area contributed by atoms with Crippen molar-refractivity contribution in [2.24, 2.45) is 10.2 Å². The molecule has 2 aromatic rings. The number of amidine groups is 1. The van der Waals surface area contributed by atoms with Crippen molar-refractivity contribution in [2.75, 3.05) is 7.11 Å². The summed E-state index contributed by atoms with van der Waals surface area (Å²) in [7, 11) is 1.28. The van der Waals surface area contributed by atoms with Gasteiger partial charge in [-0.15, -0.1) is 5.10 Å². The number of carbonyl (C=O) groups excluding carboxylic acids is 2. The number of hydrogen-bond donors (Lipinski definition) is 2. The molecule has 1 aromatic carbocycles. The Bertz CT molecular complexity index is 1090. The molecule has 1 unspecified atom stereocenters. The fourth-order valence-electron chi connectivity index (χ4n) is 2.40. The van der Waals surface area contributed by atoms with E-state index >= 15 is 0 Å². The first-order valence-electron chi connectivity index (χ1n) is 8.68. The maximum atomic E-state index is 11.7. The van der Waals surface area contributed by atoms with Gasteiger partial charge in [0.2, 0.25) is 11.8 Å². The molecule has 2 N–H and O–H groups in total. The van der Waals surface area contributed by atoms with Crippen molar-refractivity contribution in [2.45, 2.75) is 11.7 Å². The third-order valence-corrected chi connectivity index (χ3v) is 5.19. The number of esters is 1. The van der Waals surface area contributed by atoms with Crippen LogP contribution in [0.15, 0.2) is 46.7 Å². The Labute approximate surface area is 185 Å². The quantitative estimate of drug-likeness (QED) is 0.363. The van der Waals surface area contributed by atoms with E-state index < -0.39 is 23.1 Å². The Morgan fingerprint density at radius 2 is 2.16 bits per heavy atom. The molecule has 1 aliphatic heterocycles. The molecule has 10 nitrogen and oxygen atoms in total. The van der Waals surface area contributed by atoms with Crippen molar-refractivity contribution in [3.8, 4) is 11.6 Å². The summed E-state index contributed by atoms with van der Waals surface area (Å²) in [6, 6.07) is 7.77. The van der Waals surface area contributed by atoms with Crippen molar-refractivity contribution in [3.05, 3.63) is 52.7 Å². The summed E-state index contributed by atoms with van der Waals surface area (Å²) in [5.41, 5.74) is 0.892. The van der Waals surface area contributed by atoms with Crippen LogP contribution in [0.2, 0.25) is 5.02 Å². The summed E-state index contributed by atoms with van der Waals surface area (Å²) in [5, 5.41) is 18.8. The van der Waals surface area contributed by atoms with Gasteiger partial charge < -0.3 is 19.9 Å². The zero-order chi connectivity index (χ0) is 22.4.